The van der Waals surface area contributed by atoms with Crippen LogP contribution in [0.3, 0.4) is 0 Å². The number of allylic oxidation sites excluding steroid dienone is 1. The molecule has 0 aromatic rings. The molecule has 600 valence electrons. The first-order valence-electron chi connectivity index (χ1n) is 36.2. The molecule has 0 bridgehead atoms. The van der Waals surface area contributed by atoms with Gasteiger partial charge >= 0.3 is 23.9 Å². The summed E-state index contributed by atoms with van der Waals surface area (Å²) in [6.45, 7) is 11.0. The second kappa shape index (κ2) is 31.2. The van der Waals surface area contributed by atoms with Gasteiger partial charge in [-0.05, 0) is 113 Å². The molecule has 5 aliphatic carbocycles. The van der Waals surface area contributed by atoms with Gasteiger partial charge in [-0.25, -0.2) is 0 Å². The molecule has 36 nitrogen and oxygen atoms in total. The zero-order valence-electron chi connectivity index (χ0n) is 60.0. The minimum absolute atomic E-state index is 0.101. The van der Waals surface area contributed by atoms with Crippen LogP contribution in [0.5, 0.6) is 0 Å². The second-order valence-electron chi connectivity index (χ2n) is 32.4. The van der Waals surface area contributed by atoms with E-state index in [1.54, 1.807) is 0 Å². The zero-order valence-corrected chi connectivity index (χ0v) is 60.0. The summed E-state index contributed by atoms with van der Waals surface area (Å²) < 4.78 is 83.7. The van der Waals surface area contributed by atoms with Gasteiger partial charge in [0.05, 0.1) is 62.2 Å². The van der Waals surface area contributed by atoms with Crippen molar-refractivity contribution in [2.24, 2.45) is 50.2 Å². The van der Waals surface area contributed by atoms with Gasteiger partial charge < -0.3 is 158 Å². The van der Waals surface area contributed by atoms with Crippen LogP contribution in [-0.4, -0.2) is 339 Å². The van der Waals surface area contributed by atoms with Crippen LogP contribution in [0.25, 0.3) is 0 Å². The molecule has 0 amide bonds. The lowest BCUT2D eigenvalue weighted by Crippen LogP contribution is -2.71. The molecule has 11 aliphatic rings. The van der Waals surface area contributed by atoms with Gasteiger partial charge in [-0.2, -0.15) is 0 Å². The highest BCUT2D eigenvalue weighted by Crippen LogP contribution is 2.76. The fourth-order valence-electron chi connectivity index (χ4n) is 19.9. The first kappa shape index (κ1) is 82.5. The standard InChI is InChI=1S/C69H108O36/c1-25-50(101-56-46(85)41(80)35(23-92-56)100-58-47(86)42(81)38(77)32(20-70)97-58)45(84)49(88)57(93-25)103-54-53(96-28(4)75)51(95-27(3)74)26(2)94-61(54)105-63(91)68-15-14-64(5,6)18-30(68)29-10-11-36-65(7)19-31(76)55(67(9,62(89)90)37(65)12-13-66(36,8)69(29,24-73)17-16-68)104-60-52(44(83)40(79)34(22-72)99-60)102-59-48(87)43(82)39(78)33(21-71)98-59/h10,25-26,30-61,70-73,76-88H,11-24H2,1-9H3,(H,89,90)/t25-,26+,30-,31-,32+,33+,34+,35+,36+,37+,38-,39+,40+,41-,42-,43-,44-,45-,46+,47+,48+,49+,50-,51-,52+,53-,54+,55-,56-,57-,58-,59-,60-,61-,65+,66+,67-,68-,69-/m0/s1. The number of carboxylic acid groups (broad SMARTS) is 1. The van der Waals surface area contributed by atoms with E-state index >= 15 is 4.79 Å². The van der Waals surface area contributed by atoms with Gasteiger partial charge in [0.15, 0.2) is 49.8 Å². The number of aliphatic hydroxyl groups excluding tert-OH is 17. The van der Waals surface area contributed by atoms with Crippen LogP contribution in [0.1, 0.15) is 120 Å². The molecule has 36 heteroatoms. The number of hydrogen-bond donors (Lipinski definition) is 18. The average Bonchev–Trinajstić information content (AvgIpc) is 0.668. The van der Waals surface area contributed by atoms with Crippen molar-refractivity contribution in [3.05, 3.63) is 11.6 Å². The van der Waals surface area contributed by atoms with E-state index in [4.69, 9.17) is 66.3 Å². The number of carbonyl (C=O) groups excluding carboxylic acids is 3. The minimum atomic E-state index is -2.09. The quantitative estimate of drug-likeness (QED) is 0.0248. The van der Waals surface area contributed by atoms with Gasteiger partial charge in [0.1, 0.15) is 116 Å². The van der Waals surface area contributed by atoms with Crippen LogP contribution in [-0.2, 0) is 85.5 Å². The summed E-state index contributed by atoms with van der Waals surface area (Å²) >= 11 is 0. The molecule has 4 saturated carbocycles. The topological polar surface area (TPSA) is 562 Å². The average molecular weight is 1510 g/mol. The van der Waals surface area contributed by atoms with Crippen molar-refractivity contribution < 1.29 is 177 Å². The maximum Gasteiger partial charge on any atom is 0.315 e. The molecule has 18 N–H and O–H groups in total. The van der Waals surface area contributed by atoms with Gasteiger partial charge in [-0.15, -0.1) is 0 Å². The van der Waals surface area contributed by atoms with Crippen molar-refractivity contribution >= 4 is 23.9 Å². The highest BCUT2D eigenvalue weighted by atomic mass is 16.8. The highest BCUT2D eigenvalue weighted by Gasteiger charge is 2.74. The first-order valence-corrected chi connectivity index (χ1v) is 36.2. The van der Waals surface area contributed by atoms with E-state index in [0.717, 1.165) is 19.4 Å². The van der Waals surface area contributed by atoms with E-state index in [2.05, 4.69) is 20.8 Å². The van der Waals surface area contributed by atoms with E-state index in [9.17, 15) is 106 Å². The number of aliphatic carboxylic acids is 1. The van der Waals surface area contributed by atoms with Crippen LogP contribution >= 0.6 is 0 Å². The molecule has 6 saturated heterocycles. The number of fused-ring (bicyclic) bond motifs is 7. The SMILES string of the molecule is CC(=O)O[C@H]1[C@@H](OC(C)=O)[C@@H](C)O[C@@H](OC(=O)[C@]23CCC(C)(C)C[C@H]2C2=CC[C@@H]4[C@@]5(C)C[C@H](O)[C@H](O[C@@H]6O[C@H](CO)[C@@H](O)[C@H](O)[C@H]6O[C@@H]6O[C@H](CO)[C@@H](O)[C@H](O)[C@H]6O)[C@@](C)(C(=O)O)[C@@H]5CC[C@@]4(C)[C@]2(CO)CC3)[C@@H]1O[C@@H]1O[C@@H](C)[C@H](O[C@@H]2OC[C@@H](O[C@@H]3O[C@H](CO)[C@H](O)[C@H](O)[C@H]3O)[C@H](O)[C@H]2O)[C@@H](O)[C@H]1O. The summed E-state index contributed by atoms with van der Waals surface area (Å²) in [5.41, 5.74) is -6.07. The number of ether oxygens (including phenoxy) is 14. The first-order chi connectivity index (χ1) is 49.2. The number of rotatable bonds is 19. The van der Waals surface area contributed by atoms with Gasteiger partial charge in [0.25, 0.3) is 0 Å². The Morgan fingerprint density at radius 1 is 0.486 bits per heavy atom. The molecule has 0 unspecified atom stereocenters. The van der Waals surface area contributed by atoms with Crippen molar-refractivity contribution in [3.63, 3.8) is 0 Å². The van der Waals surface area contributed by atoms with Crippen LogP contribution in [0, 0.1) is 50.2 Å². The Bertz CT molecular complexity index is 3090. The Morgan fingerprint density at radius 3 is 1.56 bits per heavy atom. The third kappa shape index (κ3) is 14.4. The summed E-state index contributed by atoms with van der Waals surface area (Å²) in [4.78, 5) is 56.2. The van der Waals surface area contributed by atoms with Crippen LogP contribution in [0.4, 0.5) is 0 Å². The van der Waals surface area contributed by atoms with Crippen molar-refractivity contribution in [2.75, 3.05) is 33.0 Å². The van der Waals surface area contributed by atoms with Crippen molar-refractivity contribution in [3.8, 4) is 0 Å². The smallest absolute Gasteiger partial charge is 0.315 e. The number of hydrogen-bond acceptors (Lipinski definition) is 35. The fourth-order valence-corrected chi connectivity index (χ4v) is 19.9. The molecule has 0 spiro atoms. The van der Waals surface area contributed by atoms with Crippen molar-refractivity contribution in [1.82, 2.24) is 0 Å². The number of carbonyl (C=O) groups is 4. The minimum Gasteiger partial charge on any atom is -0.481 e. The Morgan fingerprint density at radius 2 is 0.981 bits per heavy atom. The lowest BCUT2D eigenvalue weighted by Gasteiger charge is -2.71. The molecule has 0 aromatic heterocycles. The van der Waals surface area contributed by atoms with Crippen molar-refractivity contribution in [1.29, 1.82) is 0 Å². The summed E-state index contributed by atoms with van der Waals surface area (Å²) in [6.07, 6.45) is -50.0. The molecule has 0 radical (unpaired) electrons. The van der Waals surface area contributed by atoms with E-state index < -0.39 is 297 Å². The second-order valence-corrected chi connectivity index (χ2v) is 32.4. The van der Waals surface area contributed by atoms with Gasteiger partial charge in [-0.1, -0.05) is 39.3 Å². The molecular formula is C69H108O36. The molecule has 6 heterocycles. The summed E-state index contributed by atoms with van der Waals surface area (Å²) in [5.74, 6) is -5.88. The fraction of sp³-hybridized carbons (Fsp3) is 0.913. The third-order valence-electron chi connectivity index (χ3n) is 25.8. The summed E-state index contributed by atoms with van der Waals surface area (Å²) in [6, 6.07) is 0. The van der Waals surface area contributed by atoms with Gasteiger partial charge in [0.2, 0.25) is 6.29 Å². The predicted molar refractivity (Wildman–Crippen MR) is 343 cm³/mol. The number of esters is 3. The number of carboxylic acids is 1. The number of aliphatic hydroxyl groups is 17. The molecular weight excluding hydrogens is 1400 g/mol. The Hall–Kier alpha value is -3.50. The highest BCUT2D eigenvalue weighted by molar-refractivity contribution is 5.79. The Labute approximate surface area is 604 Å². The van der Waals surface area contributed by atoms with Gasteiger partial charge in [-0.3, -0.25) is 19.2 Å². The van der Waals surface area contributed by atoms with Crippen LogP contribution < -0.4 is 0 Å². The van der Waals surface area contributed by atoms with Crippen LogP contribution in [0.2, 0.25) is 0 Å². The third-order valence-corrected chi connectivity index (χ3v) is 25.8. The molecule has 105 heavy (non-hydrogen) atoms. The van der Waals surface area contributed by atoms with E-state index in [-0.39, 0.29) is 38.5 Å². The summed E-state index contributed by atoms with van der Waals surface area (Å²) in [7, 11) is 0. The van der Waals surface area contributed by atoms with Gasteiger partial charge in [0, 0.05) is 19.3 Å². The monoisotopic (exact) mass is 1510 g/mol. The molecule has 10 fully saturated rings. The van der Waals surface area contributed by atoms with Crippen molar-refractivity contribution in [2.45, 2.75) is 310 Å². The normalized spacial score (nSPS) is 52.0. The van der Waals surface area contributed by atoms with E-state index in [1.165, 1.54) is 20.8 Å². The lowest BCUT2D eigenvalue weighted by molar-refractivity contribution is -0.382. The maximum atomic E-state index is 16.0. The molecule has 39 atom stereocenters. The molecule has 0 aromatic carbocycles. The van der Waals surface area contributed by atoms with E-state index in [0.29, 0.717) is 19.3 Å². The largest absolute Gasteiger partial charge is 0.481 e. The Balaban J connectivity index is 0.844. The molecule has 11 rings (SSSR count). The summed E-state index contributed by atoms with van der Waals surface area (Å²) in [5, 5.41) is 198. The van der Waals surface area contributed by atoms with Crippen LogP contribution in [0.15, 0.2) is 11.6 Å². The predicted octanol–water partition coefficient (Wildman–Crippen LogP) is -5.54. The lowest BCUT2D eigenvalue weighted by atomic mass is 9.33. The maximum absolute atomic E-state index is 16.0. The Kier molecular flexibility index (Phi) is 24.5. The van der Waals surface area contributed by atoms with E-state index in [1.807, 2.05) is 13.0 Å². The zero-order chi connectivity index (χ0) is 77.0. The molecule has 6 aliphatic heterocycles.